The zero-order chi connectivity index (χ0) is 13.2. The summed E-state index contributed by atoms with van der Waals surface area (Å²) in [5.41, 5.74) is 0.0353. The van der Waals surface area contributed by atoms with Gasteiger partial charge in [-0.2, -0.15) is 0 Å². The summed E-state index contributed by atoms with van der Waals surface area (Å²) in [4.78, 5) is 15.8. The lowest BCUT2D eigenvalue weighted by atomic mass is 10.0. The largest absolute Gasteiger partial charge is 0.481 e. The van der Waals surface area contributed by atoms with Crippen molar-refractivity contribution in [1.82, 2.24) is 9.80 Å². The second kappa shape index (κ2) is 5.36. The highest BCUT2D eigenvalue weighted by Crippen LogP contribution is 2.23. The van der Waals surface area contributed by atoms with Gasteiger partial charge in [-0.05, 0) is 34.2 Å². The van der Waals surface area contributed by atoms with Crippen LogP contribution in [0.15, 0.2) is 0 Å². The fourth-order valence-electron chi connectivity index (χ4n) is 2.35. The Morgan fingerprint density at radius 1 is 1.47 bits per heavy atom. The minimum absolute atomic E-state index is 0.0353. The average Bonchev–Trinajstić information content (AvgIpc) is 2.35. The van der Waals surface area contributed by atoms with E-state index in [-0.39, 0.29) is 11.5 Å². The van der Waals surface area contributed by atoms with Crippen molar-refractivity contribution in [2.24, 2.45) is 5.92 Å². The minimum atomic E-state index is -0.678. The van der Waals surface area contributed by atoms with Gasteiger partial charge in [0, 0.05) is 31.2 Å². The molecule has 1 heterocycles. The van der Waals surface area contributed by atoms with Crippen molar-refractivity contribution in [3.8, 4) is 0 Å². The standard InChI is InChI=1S/C13H26N2O2/c1-6-10(2)15-8-11(12(16)17)7-14(5)13(3,4)9-15/h10-11H,6-9H2,1-5H3,(H,16,17). The van der Waals surface area contributed by atoms with E-state index in [1.165, 1.54) is 0 Å². The van der Waals surface area contributed by atoms with E-state index < -0.39 is 5.97 Å². The molecule has 1 rings (SSSR count). The number of hydrogen-bond donors (Lipinski definition) is 1. The molecule has 0 radical (unpaired) electrons. The maximum atomic E-state index is 11.3. The van der Waals surface area contributed by atoms with Crippen molar-refractivity contribution >= 4 is 5.97 Å². The molecule has 0 bridgehead atoms. The molecule has 1 fully saturated rings. The number of likely N-dealkylation sites (N-methyl/N-ethyl adjacent to an activating group) is 1. The van der Waals surface area contributed by atoms with Crippen molar-refractivity contribution in [3.05, 3.63) is 0 Å². The lowest BCUT2D eigenvalue weighted by molar-refractivity contribution is -0.142. The number of carbonyl (C=O) groups is 1. The second-order valence-corrected chi connectivity index (χ2v) is 5.91. The van der Waals surface area contributed by atoms with Crippen LogP contribution >= 0.6 is 0 Å². The molecule has 1 aliphatic rings. The van der Waals surface area contributed by atoms with E-state index in [0.29, 0.717) is 19.1 Å². The number of carboxylic acids is 1. The molecule has 0 spiro atoms. The molecule has 2 unspecified atom stereocenters. The summed E-state index contributed by atoms with van der Waals surface area (Å²) in [5, 5.41) is 9.27. The Labute approximate surface area is 105 Å². The van der Waals surface area contributed by atoms with E-state index in [9.17, 15) is 9.90 Å². The zero-order valence-corrected chi connectivity index (χ0v) is 11.7. The molecule has 0 saturated carbocycles. The van der Waals surface area contributed by atoms with Crippen LogP contribution in [0.2, 0.25) is 0 Å². The van der Waals surface area contributed by atoms with Gasteiger partial charge in [0.1, 0.15) is 0 Å². The molecule has 4 heteroatoms. The summed E-state index contributed by atoms with van der Waals surface area (Å²) in [6, 6.07) is 0.447. The maximum Gasteiger partial charge on any atom is 0.309 e. The molecule has 17 heavy (non-hydrogen) atoms. The first kappa shape index (κ1) is 14.5. The van der Waals surface area contributed by atoms with Crippen molar-refractivity contribution < 1.29 is 9.90 Å². The van der Waals surface area contributed by atoms with Gasteiger partial charge in [-0.1, -0.05) is 6.92 Å². The van der Waals surface area contributed by atoms with Crippen LogP contribution in [0.4, 0.5) is 0 Å². The zero-order valence-electron chi connectivity index (χ0n) is 11.7. The number of rotatable bonds is 3. The highest BCUT2D eigenvalue weighted by Gasteiger charge is 2.36. The second-order valence-electron chi connectivity index (χ2n) is 5.91. The van der Waals surface area contributed by atoms with Gasteiger partial charge in [0.05, 0.1) is 5.92 Å². The fourth-order valence-corrected chi connectivity index (χ4v) is 2.35. The Morgan fingerprint density at radius 3 is 2.53 bits per heavy atom. The first-order valence-electron chi connectivity index (χ1n) is 6.46. The van der Waals surface area contributed by atoms with E-state index in [1.807, 2.05) is 7.05 Å². The molecule has 0 amide bonds. The summed E-state index contributed by atoms with van der Waals surface area (Å²) < 4.78 is 0. The summed E-state index contributed by atoms with van der Waals surface area (Å²) >= 11 is 0. The number of hydrogen-bond acceptors (Lipinski definition) is 3. The topological polar surface area (TPSA) is 43.8 Å². The smallest absolute Gasteiger partial charge is 0.309 e. The predicted octanol–water partition coefficient (Wildman–Crippen LogP) is 1.51. The summed E-state index contributed by atoms with van der Waals surface area (Å²) in [7, 11) is 2.02. The Balaban J connectivity index is 2.89. The lowest BCUT2D eigenvalue weighted by Gasteiger charge is -2.38. The molecule has 0 aromatic rings. The van der Waals surface area contributed by atoms with Crippen LogP contribution in [0.3, 0.4) is 0 Å². The van der Waals surface area contributed by atoms with E-state index in [0.717, 1.165) is 13.0 Å². The van der Waals surface area contributed by atoms with Gasteiger partial charge < -0.3 is 5.11 Å². The quantitative estimate of drug-likeness (QED) is 0.815. The van der Waals surface area contributed by atoms with Crippen LogP contribution < -0.4 is 0 Å². The molecule has 0 aromatic heterocycles. The molecule has 0 aliphatic carbocycles. The fraction of sp³-hybridized carbons (Fsp3) is 0.923. The summed E-state index contributed by atoms with van der Waals surface area (Å²) in [6.45, 7) is 10.9. The molecule has 1 N–H and O–H groups in total. The predicted molar refractivity (Wildman–Crippen MR) is 69.2 cm³/mol. The molecule has 4 nitrogen and oxygen atoms in total. The maximum absolute atomic E-state index is 11.3. The first-order valence-corrected chi connectivity index (χ1v) is 6.46. The monoisotopic (exact) mass is 242 g/mol. The highest BCUT2D eigenvalue weighted by atomic mass is 16.4. The van der Waals surface area contributed by atoms with Gasteiger partial charge in [0.2, 0.25) is 0 Å². The Bertz CT molecular complexity index is 279. The molecule has 1 aliphatic heterocycles. The third-order valence-corrected chi connectivity index (χ3v) is 4.14. The van der Waals surface area contributed by atoms with E-state index in [1.54, 1.807) is 0 Å². The Morgan fingerprint density at radius 2 is 2.06 bits per heavy atom. The van der Waals surface area contributed by atoms with Gasteiger partial charge in [0.15, 0.2) is 0 Å². The minimum Gasteiger partial charge on any atom is -0.481 e. The third-order valence-electron chi connectivity index (χ3n) is 4.14. The Kier molecular flexibility index (Phi) is 4.55. The van der Waals surface area contributed by atoms with Crippen molar-refractivity contribution in [2.75, 3.05) is 26.7 Å². The van der Waals surface area contributed by atoms with Crippen LogP contribution in [0, 0.1) is 5.92 Å². The molecule has 0 aromatic carbocycles. The molecule has 1 saturated heterocycles. The molecule has 2 atom stereocenters. The van der Waals surface area contributed by atoms with Gasteiger partial charge in [0.25, 0.3) is 0 Å². The van der Waals surface area contributed by atoms with Gasteiger partial charge in [-0.15, -0.1) is 0 Å². The molecule has 100 valence electrons. The third kappa shape index (κ3) is 3.42. The van der Waals surface area contributed by atoms with Crippen LogP contribution in [0.25, 0.3) is 0 Å². The van der Waals surface area contributed by atoms with E-state index in [2.05, 4.69) is 37.5 Å². The number of nitrogens with zero attached hydrogens (tertiary/aromatic N) is 2. The van der Waals surface area contributed by atoms with Gasteiger partial charge in [-0.25, -0.2) is 0 Å². The van der Waals surface area contributed by atoms with Crippen LogP contribution in [0.1, 0.15) is 34.1 Å². The number of aliphatic carboxylic acids is 1. The lowest BCUT2D eigenvalue weighted by Crippen LogP contribution is -2.49. The summed E-state index contributed by atoms with van der Waals surface area (Å²) in [5.74, 6) is -0.960. The Hall–Kier alpha value is -0.610. The van der Waals surface area contributed by atoms with E-state index >= 15 is 0 Å². The van der Waals surface area contributed by atoms with Crippen molar-refractivity contribution in [1.29, 1.82) is 0 Å². The summed E-state index contributed by atoms with van der Waals surface area (Å²) in [6.07, 6.45) is 1.06. The highest BCUT2D eigenvalue weighted by molar-refractivity contribution is 5.70. The van der Waals surface area contributed by atoms with Crippen LogP contribution in [-0.2, 0) is 4.79 Å². The van der Waals surface area contributed by atoms with E-state index in [4.69, 9.17) is 0 Å². The SMILES string of the molecule is CCC(C)N1CC(C(=O)O)CN(C)C(C)(C)C1. The van der Waals surface area contributed by atoms with Gasteiger partial charge in [-0.3, -0.25) is 14.6 Å². The van der Waals surface area contributed by atoms with Crippen LogP contribution in [-0.4, -0.2) is 59.1 Å². The van der Waals surface area contributed by atoms with Crippen LogP contribution in [0.5, 0.6) is 0 Å². The first-order chi connectivity index (χ1) is 7.77. The van der Waals surface area contributed by atoms with Crippen molar-refractivity contribution in [3.63, 3.8) is 0 Å². The average molecular weight is 242 g/mol. The van der Waals surface area contributed by atoms with Gasteiger partial charge >= 0.3 is 5.97 Å². The normalized spacial score (nSPS) is 28.6. The molecular weight excluding hydrogens is 216 g/mol. The van der Waals surface area contributed by atoms with Crippen molar-refractivity contribution in [2.45, 2.75) is 45.7 Å². The number of carboxylic acid groups (broad SMARTS) is 1. The molecular formula is C13H26N2O2.